The molecule has 0 radical (unpaired) electrons. The molecule has 0 spiro atoms. The number of aliphatic imine (C=N–C) groups is 1. The standard InChI is InChI=1S/C23H31ClN4O2/c1-3-4-6-19-15-27(23(30)18-7-5-8-18)14-13-21(29)28(25)22(26-16(19)2)17-9-11-20(24)12-10-17/h9-12,18-19H,2-8,13-15,25H2,1H3. The third kappa shape index (κ3) is 5.29. The fourth-order valence-corrected chi connectivity index (χ4v) is 3.96. The summed E-state index contributed by atoms with van der Waals surface area (Å²) in [6.07, 6.45) is 6.09. The number of hydrogen-bond donors (Lipinski definition) is 1. The fourth-order valence-electron chi connectivity index (χ4n) is 3.84. The highest BCUT2D eigenvalue weighted by molar-refractivity contribution is 6.30. The number of amides is 2. The van der Waals surface area contributed by atoms with Crippen molar-refractivity contribution in [3.05, 3.63) is 47.1 Å². The molecule has 1 aromatic rings. The van der Waals surface area contributed by atoms with Crippen molar-refractivity contribution < 1.29 is 9.59 Å². The molecule has 1 aliphatic heterocycles. The van der Waals surface area contributed by atoms with Crippen molar-refractivity contribution >= 4 is 29.3 Å². The molecular formula is C23H31ClN4O2. The van der Waals surface area contributed by atoms with Gasteiger partial charge in [-0.3, -0.25) is 9.59 Å². The Labute approximate surface area is 183 Å². The molecule has 2 N–H and O–H groups in total. The third-order valence-electron chi connectivity index (χ3n) is 6.03. The van der Waals surface area contributed by atoms with Crippen LogP contribution in [0, 0.1) is 11.8 Å². The van der Waals surface area contributed by atoms with Crippen LogP contribution >= 0.6 is 11.6 Å². The molecule has 1 unspecified atom stereocenters. The van der Waals surface area contributed by atoms with E-state index in [0.29, 0.717) is 35.2 Å². The molecule has 1 fully saturated rings. The lowest BCUT2D eigenvalue weighted by molar-refractivity contribution is -0.139. The predicted molar refractivity (Wildman–Crippen MR) is 120 cm³/mol. The van der Waals surface area contributed by atoms with Crippen molar-refractivity contribution in [2.45, 2.75) is 51.9 Å². The molecule has 1 heterocycles. The second-order valence-corrected chi connectivity index (χ2v) is 8.64. The first-order valence-electron chi connectivity index (χ1n) is 10.8. The SMILES string of the molecule is C=C1N=C(c2ccc(Cl)cc2)N(N)C(=O)CCN(C(=O)C2CCC2)CC1CCCC. The van der Waals surface area contributed by atoms with Gasteiger partial charge in [-0.25, -0.2) is 15.8 Å². The van der Waals surface area contributed by atoms with Gasteiger partial charge in [0.1, 0.15) is 0 Å². The average Bonchev–Trinajstić information content (AvgIpc) is 2.69. The molecule has 3 rings (SSSR count). The van der Waals surface area contributed by atoms with Gasteiger partial charge < -0.3 is 4.90 Å². The van der Waals surface area contributed by atoms with Crippen LogP contribution in [0.5, 0.6) is 0 Å². The Hall–Kier alpha value is -2.18. The molecule has 0 saturated heterocycles. The summed E-state index contributed by atoms with van der Waals surface area (Å²) >= 11 is 6.01. The summed E-state index contributed by atoms with van der Waals surface area (Å²) in [7, 11) is 0. The van der Waals surface area contributed by atoms with E-state index in [1.807, 2.05) is 4.90 Å². The Balaban J connectivity index is 1.93. The first-order chi connectivity index (χ1) is 14.4. The smallest absolute Gasteiger partial charge is 0.244 e. The maximum atomic E-state index is 13.0. The molecule has 1 atom stereocenters. The Bertz CT molecular complexity index is 817. The highest BCUT2D eigenvalue weighted by Crippen LogP contribution is 2.30. The molecule has 1 saturated carbocycles. The minimum atomic E-state index is -0.282. The summed E-state index contributed by atoms with van der Waals surface area (Å²) in [5.74, 6) is 6.53. The van der Waals surface area contributed by atoms with Crippen molar-refractivity contribution in [2.75, 3.05) is 13.1 Å². The number of nitrogens with zero attached hydrogens (tertiary/aromatic N) is 3. The fraction of sp³-hybridized carbons (Fsp3) is 0.522. The van der Waals surface area contributed by atoms with Crippen LogP contribution < -0.4 is 5.84 Å². The maximum absolute atomic E-state index is 13.0. The van der Waals surface area contributed by atoms with Crippen molar-refractivity contribution in [3.63, 3.8) is 0 Å². The van der Waals surface area contributed by atoms with Gasteiger partial charge in [-0.2, -0.15) is 0 Å². The zero-order valence-electron chi connectivity index (χ0n) is 17.6. The quantitative estimate of drug-likeness (QED) is 0.563. The van der Waals surface area contributed by atoms with Gasteiger partial charge in [-0.05, 0) is 43.5 Å². The van der Waals surface area contributed by atoms with E-state index in [1.165, 1.54) is 0 Å². The molecule has 0 bridgehead atoms. The van der Waals surface area contributed by atoms with Crippen LogP contribution in [0.25, 0.3) is 0 Å². The van der Waals surface area contributed by atoms with Gasteiger partial charge in [-0.15, -0.1) is 0 Å². The third-order valence-corrected chi connectivity index (χ3v) is 6.28. The van der Waals surface area contributed by atoms with E-state index in [2.05, 4.69) is 13.5 Å². The van der Waals surface area contributed by atoms with Crippen LogP contribution in [0.3, 0.4) is 0 Å². The summed E-state index contributed by atoms with van der Waals surface area (Å²) in [5.41, 5.74) is 1.35. The largest absolute Gasteiger partial charge is 0.341 e. The summed E-state index contributed by atoms with van der Waals surface area (Å²) in [5, 5.41) is 1.68. The lowest BCUT2D eigenvalue weighted by Gasteiger charge is -2.35. The molecule has 6 nitrogen and oxygen atoms in total. The van der Waals surface area contributed by atoms with Crippen LogP contribution in [0.2, 0.25) is 5.02 Å². The molecule has 30 heavy (non-hydrogen) atoms. The number of carbonyl (C=O) groups excluding carboxylic acids is 2. The van der Waals surface area contributed by atoms with Crippen molar-refractivity contribution in [3.8, 4) is 0 Å². The molecule has 7 heteroatoms. The van der Waals surface area contributed by atoms with Gasteiger partial charge in [0.2, 0.25) is 11.8 Å². The van der Waals surface area contributed by atoms with Gasteiger partial charge in [0.15, 0.2) is 5.84 Å². The normalized spacial score (nSPS) is 21.3. The van der Waals surface area contributed by atoms with Crippen LogP contribution in [0.4, 0.5) is 0 Å². The van der Waals surface area contributed by atoms with Gasteiger partial charge in [0, 0.05) is 47.6 Å². The van der Waals surface area contributed by atoms with Crippen LogP contribution in [-0.4, -0.2) is 40.6 Å². The Morgan fingerprint density at radius 2 is 2.00 bits per heavy atom. The zero-order valence-corrected chi connectivity index (χ0v) is 18.4. The topological polar surface area (TPSA) is 79.0 Å². The molecule has 2 aliphatic rings. The Morgan fingerprint density at radius 1 is 1.30 bits per heavy atom. The Kier molecular flexibility index (Phi) is 7.67. The van der Waals surface area contributed by atoms with E-state index in [9.17, 15) is 9.59 Å². The van der Waals surface area contributed by atoms with Gasteiger partial charge in [0.25, 0.3) is 0 Å². The predicted octanol–water partition coefficient (Wildman–Crippen LogP) is 4.14. The van der Waals surface area contributed by atoms with E-state index in [1.54, 1.807) is 24.3 Å². The van der Waals surface area contributed by atoms with E-state index >= 15 is 0 Å². The number of carbonyl (C=O) groups is 2. The maximum Gasteiger partial charge on any atom is 0.244 e. The van der Waals surface area contributed by atoms with Crippen molar-refractivity contribution in [1.29, 1.82) is 0 Å². The lowest BCUT2D eigenvalue weighted by atomic mass is 9.84. The number of nitrogens with two attached hydrogens (primary N) is 1. The monoisotopic (exact) mass is 430 g/mol. The van der Waals surface area contributed by atoms with E-state index in [-0.39, 0.29) is 30.1 Å². The molecule has 162 valence electrons. The van der Waals surface area contributed by atoms with E-state index < -0.39 is 0 Å². The van der Waals surface area contributed by atoms with Crippen LogP contribution in [0.1, 0.15) is 57.4 Å². The second-order valence-electron chi connectivity index (χ2n) is 8.20. The molecular weight excluding hydrogens is 400 g/mol. The number of halogens is 1. The van der Waals surface area contributed by atoms with Crippen LogP contribution in [-0.2, 0) is 9.59 Å². The van der Waals surface area contributed by atoms with Gasteiger partial charge in [0.05, 0.1) is 0 Å². The number of rotatable bonds is 5. The molecule has 1 aliphatic carbocycles. The minimum Gasteiger partial charge on any atom is -0.341 e. The van der Waals surface area contributed by atoms with Gasteiger partial charge >= 0.3 is 0 Å². The van der Waals surface area contributed by atoms with Gasteiger partial charge in [-0.1, -0.05) is 44.4 Å². The first-order valence-corrected chi connectivity index (χ1v) is 11.2. The average molecular weight is 431 g/mol. The highest BCUT2D eigenvalue weighted by Gasteiger charge is 2.32. The van der Waals surface area contributed by atoms with Crippen molar-refractivity contribution in [1.82, 2.24) is 9.91 Å². The Morgan fingerprint density at radius 3 is 2.60 bits per heavy atom. The molecule has 2 amide bonds. The lowest BCUT2D eigenvalue weighted by Crippen LogP contribution is -2.48. The van der Waals surface area contributed by atoms with E-state index in [4.69, 9.17) is 22.4 Å². The molecule has 0 aromatic heterocycles. The number of amidine groups is 1. The summed E-state index contributed by atoms with van der Waals surface area (Å²) in [4.78, 5) is 32.3. The summed E-state index contributed by atoms with van der Waals surface area (Å²) < 4.78 is 0. The van der Waals surface area contributed by atoms with Crippen molar-refractivity contribution in [2.24, 2.45) is 22.7 Å². The number of hydrazine groups is 1. The van der Waals surface area contributed by atoms with Crippen LogP contribution in [0.15, 0.2) is 41.5 Å². The first kappa shape index (κ1) is 22.5. The second kappa shape index (κ2) is 10.2. The summed E-state index contributed by atoms with van der Waals surface area (Å²) in [6.45, 7) is 7.26. The van der Waals surface area contributed by atoms with E-state index in [0.717, 1.165) is 43.5 Å². The minimum absolute atomic E-state index is 0.0258. The number of benzene rings is 1. The number of unbranched alkanes of at least 4 members (excludes halogenated alkanes) is 1. The zero-order chi connectivity index (χ0) is 21.7. The summed E-state index contributed by atoms with van der Waals surface area (Å²) in [6, 6.07) is 7.07. The molecule has 1 aromatic carbocycles. The highest BCUT2D eigenvalue weighted by atomic mass is 35.5. The number of hydrogen-bond acceptors (Lipinski definition) is 4.